The minimum absolute atomic E-state index is 0.0412. The van der Waals surface area contributed by atoms with Crippen molar-refractivity contribution >= 4 is 22.8 Å². The first-order valence-corrected chi connectivity index (χ1v) is 11.2. The summed E-state index contributed by atoms with van der Waals surface area (Å²) in [5.41, 5.74) is 2.21. The average Bonchev–Trinajstić information content (AvgIpc) is 3.11. The molecule has 3 heterocycles. The number of piperidine rings is 1. The van der Waals surface area contributed by atoms with Crippen molar-refractivity contribution in [3.8, 4) is 0 Å². The minimum atomic E-state index is 0.0412. The zero-order chi connectivity index (χ0) is 21.3. The molecule has 30 heavy (non-hydrogen) atoms. The third-order valence-electron chi connectivity index (χ3n) is 6.44. The van der Waals surface area contributed by atoms with Gasteiger partial charge in [-0.3, -0.25) is 14.5 Å². The van der Waals surface area contributed by atoms with Gasteiger partial charge in [0.05, 0.1) is 23.5 Å². The number of imidazole rings is 1. The number of likely N-dealkylation sites (tertiary alicyclic amines) is 1. The number of benzene rings is 1. The maximum atomic E-state index is 13.1. The van der Waals surface area contributed by atoms with E-state index in [0.717, 1.165) is 43.8 Å². The van der Waals surface area contributed by atoms with Crippen LogP contribution >= 0.6 is 0 Å². The minimum Gasteiger partial charge on any atom is -0.339 e. The van der Waals surface area contributed by atoms with Crippen molar-refractivity contribution in [1.29, 1.82) is 0 Å². The summed E-state index contributed by atoms with van der Waals surface area (Å²) < 4.78 is 2.32. The number of para-hydroxylation sites is 2. The summed E-state index contributed by atoms with van der Waals surface area (Å²) in [6.45, 7) is 11.1. The van der Waals surface area contributed by atoms with E-state index >= 15 is 0 Å². The number of nitrogens with zero attached hydrogens (tertiary/aromatic N) is 5. The molecule has 0 N–H and O–H groups in total. The molecule has 1 atom stereocenters. The molecule has 0 unspecified atom stereocenters. The molecule has 2 aliphatic heterocycles. The fourth-order valence-corrected chi connectivity index (χ4v) is 4.88. The Morgan fingerprint density at radius 2 is 1.77 bits per heavy atom. The number of carbonyl (C=O) groups excluding carboxylic acids is 2. The fourth-order valence-electron chi connectivity index (χ4n) is 4.88. The Hall–Kier alpha value is -2.41. The van der Waals surface area contributed by atoms with Crippen molar-refractivity contribution in [3.05, 3.63) is 30.1 Å². The third kappa shape index (κ3) is 4.21. The Balaban J connectivity index is 1.42. The third-order valence-corrected chi connectivity index (χ3v) is 6.44. The molecule has 7 heteroatoms. The number of fused-ring (bicyclic) bond motifs is 1. The zero-order valence-corrected chi connectivity index (χ0v) is 18.4. The van der Waals surface area contributed by atoms with Gasteiger partial charge in [0.2, 0.25) is 11.8 Å². The summed E-state index contributed by atoms with van der Waals surface area (Å²) in [5, 5.41) is 0. The molecular weight excluding hydrogens is 378 g/mol. The lowest BCUT2D eigenvalue weighted by molar-refractivity contribution is -0.142. The number of amides is 2. The summed E-state index contributed by atoms with van der Waals surface area (Å²) in [7, 11) is 0. The molecule has 2 aliphatic rings. The molecule has 0 bridgehead atoms. The molecular formula is C23H33N5O2. The summed E-state index contributed by atoms with van der Waals surface area (Å²) in [6.07, 6.45) is 1.98. The van der Waals surface area contributed by atoms with Crippen LogP contribution in [0.25, 0.3) is 11.0 Å². The van der Waals surface area contributed by atoms with Crippen molar-refractivity contribution < 1.29 is 9.59 Å². The Morgan fingerprint density at radius 1 is 1.07 bits per heavy atom. The first-order chi connectivity index (χ1) is 14.4. The molecule has 162 valence electrons. The first kappa shape index (κ1) is 20.8. The smallest absolute Gasteiger partial charge is 0.227 e. The zero-order valence-electron chi connectivity index (χ0n) is 18.4. The average molecular weight is 412 g/mol. The van der Waals surface area contributed by atoms with Gasteiger partial charge in [0.25, 0.3) is 0 Å². The molecule has 0 aliphatic carbocycles. The van der Waals surface area contributed by atoms with Crippen molar-refractivity contribution in [2.75, 3.05) is 39.3 Å². The van der Waals surface area contributed by atoms with Gasteiger partial charge in [-0.1, -0.05) is 12.1 Å². The van der Waals surface area contributed by atoms with Crippen LogP contribution in [0.2, 0.25) is 0 Å². The van der Waals surface area contributed by atoms with Crippen LogP contribution in [0.5, 0.6) is 0 Å². The van der Waals surface area contributed by atoms with Gasteiger partial charge in [0.15, 0.2) is 0 Å². The van der Waals surface area contributed by atoms with Gasteiger partial charge < -0.3 is 14.4 Å². The highest BCUT2D eigenvalue weighted by atomic mass is 16.2. The van der Waals surface area contributed by atoms with Crippen molar-refractivity contribution in [3.63, 3.8) is 0 Å². The molecule has 2 saturated heterocycles. The highest BCUT2D eigenvalue weighted by molar-refractivity contribution is 5.80. The number of hydrogen-bond donors (Lipinski definition) is 0. The van der Waals surface area contributed by atoms with E-state index in [9.17, 15) is 9.59 Å². The van der Waals surface area contributed by atoms with Crippen LogP contribution < -0.4 is 0 Å². The van der Waals surface area contributed by atoms with E-state index in [4.69, 9.17) is 4.98 Å². The molecule has 1 aromatic carbocycles. The molecule has 0 radical (unpaired) electrons. The van der Waals surface area contributed by atoms with Gasteiger partial charge in [-0.05, 0) is 45.4 Å². The summed E-state index contributed by atoms with van der Waals surface area (Å²) >= 11 is 0. The quantitative estimate of drug-likeness (QED) is 0.776. The van der Waals surface area contributed by atoms with Crippen LogP contribution in [0.3, 0.4) is 0 Å². The second-order valence-corrected chi connectivity index (χ2v) is 8.89. The molecule has 0 saturated carbocycles. The highest BCUT2D eigenvalue weighted by Crippen LogP contribution is 2.25. The fraction of sp³-hybridized carbons (Fsp3) is 0.609. The largest absolute Gasteiger partial charge is 0.339 e. The lowest BCUT2D eigenvalue weighted by atomic mass is 9.96. The number of carbonyl (C=O) groups is 2. The lowest BCUT2D eigenvalue weighted by Crippen LogP contribution is -2.53. The lowest BCUT2D eigenvalue weighted by Gasteiger charge is -2.38. The topological polar surface area (TPSA) is 61.7 Å². The Labute approximate surface area is 178 Å². The van der Waals surface area contributed by atoms with Crippen LogP contribution in [0.4, 0.5) is 0 Å². The van der Waals surface area contributed by atoms with Crippen molar-refractivity contribution in [2.45, 2.75) is 46.2 Å². The summed E-state index contributed by atoms with van der Waals surface area (Å²) in [4.78, 5) is 35.7. The normalized spacial score (nSPS) is 20.9. The summed E-state index contributed by atoms with van der Waals surface area (Å²) in [6, 6.07) is 8.64. The number of aromatic nitrogens is 2. The van der Waals surface area contributed by atoms with E-state index in [1.807, 2.05) is 15.9 Å². The number of rotatable bonds is 4. The SMILES string of the molecule is CC(=O)N1CCN(C(=O)[C@@H]2CCCN(Cc3nc4ccccc4n3C(C)C)C2)CC1. The maximum Gasteiger partial charge on any atom is 0.227 e. The van der Waals surface area contributed by atoms with E-state index in [1.165, 1.54) is 5.52 Å². The van der Waals surface area contributed by atoms with Gasteiger partial charge in [0, 0.05) is 45.7 Å². The van der Waals surface area contributed by atoms with Crippen LogP contribution in [0.1, 0.15) is 45.5 Å². The van der Waals surface area contributed by atoms with Gasteiger partial charge in [-0.15, -0.1) is 0 Å². The number of hydrogen-bond acceptors (Lipinski definition) is 4. The molecule has 1 aromatic heterocycles. The second-order valence-electron chi connectivity index (χ2n) is 8.89. The van der Waals surface area contributed by atoms with E-state index in [1.54, 1.807) is 6.92 Å². The van der Waals surface area contributed by atoms with Crippen molar-refractivity contribution in [2.24, 2.45) is 5.92 Å². The van der Waals surface area contributed by atoms with Gasteiger partial charge in [0.1, 0.15) is 5.82 Å². The molecule has 2 amide bonds. The Morgan fingerprint density at radius 3 is 2.47 bits per heavy atom. The second kappa shape index (κ2) is 8.76. The van der Waals surface area contributed by atoms with E-state index in [-0.39, 0.29) is 17.7 Å². The van der Waals surface area contributed by atoms with Crippen LogP contribution in [0.15, 0.2) is 24.3 Å². The molecule has 2 aromatic rings. The predicted molar refractivity (Wildman–Crippen MR) is 117 cm³/mol. The Kier molecular flexibility index (Phi) is 6.09. The standard InChI is InChI=1S/C23H33N5O2/c1-17(2)28-21-9-5-4-8-20(21)24-22(28)16-25-10-6-7-19(15-25)23(30)27-13-11-26(12-14-27)18(3)29/h4-5,8-9,17,19H,6-7,10-16H2,1-3H3/t19-/m1/s1. The number of piperazine rings is 1. The summed E-state index contributed by atoms with van der Waals surface area (Å²) in [5.74, 6) is 1.47. The molecule has 2 fully saturated rings. The first-order valence-electron chi connectivity index (χ1n) is 11.2. The predicted octanol–water partition coefficient (Wildman–Crippen LogP) is 2.52. The van der Waals surface area contributed by atoms with Crippen LogP contribution in [-0.4, -0.2) is 75.3 Å². The van der Waals surface area contributed by atoms with E-state index < -0.39 is 0 Å². The van der Waals surface area contributed by atoms with Gasteiger partial charge in [-0.25, -0.2) is 4.98 Å². The van der Waals surface area contributed by atoms with E-state index in [0.29, 0.717) is 32.2 Å². The van der Waals surface area contributed by atoms with E-state index in [2.05, 4.69) is 41.5 Å². The van der Waals surface area contributed by atoms with Crippen LogP contribution in [0, 0.1) is 5.92 Å². The van der Waals surface area contributed by atoms with Crippen molar-refractivity contribution in [1.82, 2.24) is 24.3 Å². The molecule has 7 nitrogen and oxygen atoms in total. The monoisotopic (exact) mass is 411 g/mol. The van der Waals surface area contributed by atoms with Gasteiger partial charge >= 0.3 is 0 Å². The van der Waals surface area contributed by atoms with Crippen LogP contribution in [-0.2, 0) is 16.1 Å². The maximum absolute atomic E-state index is 13.1. The highest BCUT2D eigenvalue weighted by Gasteiger charge is 2.32. The molecule has 4 rings (SSSR count). The molecule has 0 spiro atoms. The van der Waals surface area contributed by atoms with Gasteiger partial charge in [-0.2, -0.15) is 0 Å². The Bertz CT molecular complexity index is 913.